The molecule has 1 aliphatic rings. The molecule has 7 nitrogen and oxygen atoms in total. The number of piperazine rings is 1. The second kappa shape index (κ2) is 8.24. The molecule has 0 atom stereocenters. The zero-order valence-electron chi connectivity index (χ0n) is 17.3. The van der Waals surface area contributed by atoms with Crippen molar-refractivity contribution in [1.82, 2.24) is 19.0 Å². The number of carbonyl (C=O) groups is 1. The number of hydrogen-bond donors (Lipinski definition) is 0. The quantitative estimate of drug-likeness (QED) is 0.623. The van der Waals surface area contributed by atoms with Gasteiger partial charge in [-0.2, -0.15) is 9.40 Å². The molecule has 4 rings (SSSR count). The van der Waals surface area contributed by atoms with Crippen molar-refractivity contribution >= 4 is 15.9 Å². The molecular formula is C22H23FN4O3S. The molecule has 1 saturated heterocycles. The van der Waals surface area contributed by atoms with Gasteiger partial charge in [0.25, 0.3) is 5.91 Å². The van der Waals surface area contributed by atoms with E-state index in [0.717, 1.165) is 23.1 Å². The average Bonchev–Trinajstić information content (AvgIpc) is 3.11. The lowest BCUT2D eigenvalue weighted by atomic mass is 10.1. The molecule has 0 bridgehead atoms. The van der Waals surface area contributed by atoms with Crippen LogP contribution in [0.3, 0.4) is 0 Å². The fraction of sp³-hybridized carbons (Fsp3) is 0.273. The fourth-order valence-corrected chi connectivity index (χ4v) is 5.18. The molecule has 0 aliphatic carbocycles. The number of nitrogens with zero attached hydrogens (tertiary/aromatic N) is 4. The summed E-state index contributed by atoms with van der Waals surface area (Å²) in [6.07, 6.45) is 0. The van der Waals surface area contributed by atoms with Gasteiger partial charge in [0.05, 0.1) is 16.3 Å². The molecule has 162 valence electrons. The van der Waals surface area contributed by atoms with Crippen LogP contribution in [0.4, 0.5) is 4.39 Å². The van der Waals surface area contributed by atoms with Crippen molar-refractivity contribution < 1.29 is 17.6 Å². The van der Waals surface area contributed by atoms with Gasteiger partial charge in [-0.1, -0.05) is 6.07 Å². The van der Waals surface area contributed by atoms with Crippen LogP contribution in [0.15, 0.2) is 59.5 Å². The Bertz CT molecular complexity index is 1210. The van der Waals surface area contributed by atoms with E-state index in [9.17, 15) is 17.6 Å². The maximum atomic E-state index is 13.4. The maximum absolute atomic E-state index is 13.4. The van der Waals surface area contributed by atoms with Crippen LogP contribution >= 0.6 is 0 Å². The molecule has 2 aromatic carbocycles. The summed E-state index contributed by atoms with van der Waals surface area (Å²) in [5.41, 5.74) is 3.33. The van der Waals surface area contributed by atoms with E-state index in [1.54, 1.807) is 17.0 Å². The van der Waals surface area contributed by atoms with Gasteiger partial charge in [0.1, 0.15) is 5.82 Å². The zero-order valence-corrected chi connectivity index (χ0v) is 18.1. The Kier molecular flexibility index (Phi) is 5.63. The van der Waals surface area contributed by atoms with E-state index in [1.165, 1.54) is 22.5 Å². The van der Waals surface area contributed by atoms with Gasteiger partial charge in [0, 0.05) is 37.4 Å². The Morgan fingerprint density at radius 3 is 2.23 bits per heavy atom. The Hall–Kier alpha value is -3.04. The van der Waals surface area contributed by atoms with E-state index in [2.05, 4.69) is 5.10 Å². The smallest absolute Gasteiger partial charge is 0.253 e. The van der Waals surface area contributed by atoms with Crippen LogP contribution in [-0.4, -0.2) is 59.5 Å². The summed E-state index contributed by atoms with van der Waals surface area (Å²) >= 11 is 0. The third-order valence-corrected chi connectivity index (χ3v) is 7.22. The SMILES string of the molecule is Cc1cc(C)n(-c2ccc(C(=O)N3CCN(S(=O)(=O)c4cccc(F)c4)CC3)cc2)n1. The molecular weight excluding hydrogens is 419 g/mol. The van der Waals surface area contributed by atoms with Crippen molar-refractivity contribution in [1.29, 1.82) is 0 Å². The van der Waals surface area contributed by atoms with E-state index in [-0.39, 0.29) is 37.0 Å². The second-order valence-corrected chi connectivity index (χ2v) is 9.48. The van der Waals surface area contributed by atoms with Gasteiger partial charge in [-0.05, 0) is 62.4 Å². The van der Waals surface area contributed by atoms with Crippen LogP contribution in [0.1, 0.15) is 21.7 Å². The van der Waals surface area contributed by atoms with Crippen LogP contribution in [0.25, 0.3) is 5.69 Å². The zero-order chi connectivity index (χ0) is 22.2. The van der Waals surface area contributed by atoms with Crippen molar-refractivity contribution in [3.63, 3.8) is 0 Å². The number of hydrogen-bond acceptors (Lipinski definition) is 4. The lowest BCUT2D eigenvalue weighted by Gasteiger charge is -2.34. The van der Waals surface area contributed by atoms with E-state index in [0.29, 0.717) is 5.56 Å². The van der Waals surface area contributed by atoms with Gasteiger partial charge in [-0.25, -0.2) is 17.5 Å². The Labute approximate surface area is 180 Å². The number of halogens is 1. The number of aryl methyl sites for hydroxylation is 2. The van der Waals surface area contributed by atoms with Crippen molar-refractivity contribution in [2.24, 2.45) is 0 Å². The second-order valence-electron chi connectivity index (χ2n) is 7.54. The Balaban J connectivity index is 1.43. The highest BCUT2D eigenvalue weighted by Gasteiger charge is 2.30. The first-order valence-corrected chi connectivity index (χ1v) is 11.4. The number of aromatic nitrogens is 2. The van der Waals surface area contributed by atoms with Crippen LogP contribution < -0.4 is 0 Å². The molecule has 0 unspecified atom stereocenters. The number of rotatable bonds is 4. The monoisotopic (exact) mass is 442 g/mol. The number of benzene rings is 2. The summed E-state index contributed by atoms with van der Waals surface area (Å²) in [6.45, 7) is 4.76. The molecule has 0 radical (unpaired) electrons. The highest BCUT2D eigenvalue weighted by atomic mass is 32.2. The predicted molar refractivity (Wildman–Crippen MR) is 114 cm³/mol. The Morgan fingerprint density at radius 1 is 0.968 bits per heavy atom. The van der Waals surface area contributed by atoms with Gasteiger partial charge >= 0.3 is 0 Å². The molecule has 0 spiro atoms. The molecule has 1 aromatic heterocycles. The first-order valence-electron chi connectivity index (χ1n) is 9.94. The van der Waals surface area contributed by atoms with E-state index in [4.69, 9.17) is 0 Å². The van der Waals surface area contributed by atoms with Crippen molar-refractivity contribution in [3.8, 4) is 5.69 Å². The van der Waals surface area contributed by atoms with Crippen molar-refractivity contribution in [2.45, 2.75) is 18.7 Å². The van der Waals surface area contributed by atoms with Crippen molar-refractivity contribution in [3.05, 3.63) is 77.4 Å². The third kappa shape index (κ3) is 4.24. The van der Waals surface area contributed by atoms with E-state index < -0.39 is 15.8 Å². The third-order valence-electron chi connectivity index (χ3n) is 5.33. The van der Waals surface area contributed by atoms with Crippen molar-refractivity contribution in [2.75, 3.05) is 26.2 Å². The molecule has 2 heterocycles. The summed E-state index contributed by atoms with van der Waals surface area (Å²) in [4.78, 5) is 14.4. The lowest BCUT2D eigenvalue weighted by Crippen LogP contribution is -2.50. The number of amides is 1. The van der Waals surface area contributed by atoms with Crippen LogP contribution in [0.5, 0.6) is 0 Å². The normalized spacial score (nSPS) is 15.3. The summed E-state index contributed by atoms with van der Waals surface area (Å²) in [7, 11) is -3.79. The van der Waals surface area contributed by atoms with E-state index >= 15 is 0 Å². The minimum Gasteiger partial charge on any atom is -0.336 e. The number of carbonyl (C=O) groups excluding carboxylic acids is 1. The number of sulfonamides is 1. The molecule has 1 fully saturated rings. The largest absolute Gasteiger partial charge is 0.336 e. The molecule has 1 aliphatic heterocycles. The van der Waals surface area contributed by atoms with Crippen LogP contribution in [0, 0.1) is 19.7 Å². The Morgan fingerprint density at radius 2 is 1.65 bits per heavy atom. The van der Waals surface area contributed by atoms with Crippen LogP contribution in [0.2, 0.25) is 0 Å². The van der Waals surface area contributed by atoms with E-state index in [1.807, 2.05) is 36.7 Å². The first kappa shape index (κ1) is 21.2. The van der Waals surface area contributed by atoms with Gasteiger partial charge < -0.3 is 4.90 Å². The molecule has 9 heteroatoms. The minimum atomic E-state index is -3.79. The summed E-state index contributed by atoms with van der Waals surface area (Å²) in [5, 5.41) is 4.44. The van der Waals surface area contributed by atoms with Gasteiger partial charge in [0.15, 0.2) is 0 Å². The van der Waals surface area contributed by atoms with Gasteiger partial charge in [-0.15, -0.1) is 0 Å². The lowest BCUT2D eigenvalue weighted by molar-refractivity contribution is 0.0698. The standard InChI is InChI=1S/C22H23FN4O3S/c1-16-14-17(2)27(24-16)20-8-6-18(7-9-20)22(28)25-10-12-26(13-11-25)31(29,30)21-5-3-4-19(23)15-21/h3-9,14-15H,10-13H2,1-2H3. The topological polar surface area (TPSA) is 75.5 Å². The summed E-state index contributed by atoms with van der Waals surface area (Å²) < 4.78 is 42.0. The molecule has 0 saturated carbocycles. The van der Waals surface area contributed by atoms with Gasteiger partial charge in [0.2, 0.25) is 10.0 Å². The van der Waals surface area contributed by atoms with Gasteiger partial charge in [-0.3, -0.25) is 4.79 Å². The summed E-state index contributed by atoms with van der Waals surface area (Å²) in [6, 6.07) is 14.1. The molecule has 1 amide bonds. The minimum absolute atomic E-state index is 0.0768. The molecule has 0 N–H and O–H groups in total. The fourth-order valence-electron chi connectivity index (χ4n) is 3.73. The molecule has 31 heavy (non-hydrogen) atoms. The highest BCUT2D eigenvalue weighted by molar-refractivity contribution is 7.89. The van der Waals surface area contributed by atoms with Crippen LogP contribution in [-0.2, 0) is 10.0 Å². The first-order chi connectivity index (χ1) is 14.8. The highest BCUT2D eigenvalue weighted by Crippen LogP contribution is 2.20. The molecule has 3 aromatic rings. The predicted octanol–water partition coefficient (Wildman–Crippen LogP) is 2.77. The maximum Gasteiger partial charge on any atom is 0.253 e. The summed E-state index contributed by atoms with van der Waals surface area (Å²) in [5.74, 6) is -0.749. The average molecular weight is 443 g/mol.